The van der Waals surface area contributed by atoms with E-state index in [0.717, 1.165) is 25.9 Å². The molecule has 1 nitrogen and oxygen atoms in total. The highest BCUT2D eigenvalue weighted by atomic mass is 35.5. The molecule has 2 rings (SSSR count). The molecule has 0 amide bonds. The topological polar surface area (TPSA) is 12.0 Å². The molecule has 0 heterocycles. The summed E-state index contributed by atoms with van der Waals surface area (Å²) in [6.07, 6.45) is 4.24. The molecular formula is C14H19ClFN. The van der Waals surface area contributed by atoms with E-state index < -0.39 is 0 Å². The Bertz CT molecular complexity index is 368. The molecule has 3 heteroatoms. The summed E-state index contributed by atoms with van der Waals surface area (Å²) in [5.74, 6) is -0.167. The first kappa shape index (κ1) is 12.8. The third-order valence-corrected chi connectivity index (χ3v) is 3.85. The van der Waals surface area contributed by atoms with Gasteiger partial charge >= 0.3 is 0 Å². The number of hydrogen-bond donors (Lipinski definition) is 1. The lowest BCUT2D eigenvalue weighted by molar-refractivity contribution is 0.446. The predicted octanol–water partition coefficient (Wildman–Crippen LogP) is 3.80. The molecule has 0 atom stereocenters. The Morgan fingerprint density at radius 2 is 2.18 bits per heavy atom. The van der Waals surface area contributed by atoms with Gasteiger partial charge in [-0.3, -0.25) is 0 Å². The molecule has 0 spiro atoms. The van der Waals surface area contributed by atoms with E-state index >= 15 is 0 Å². The summed E-state index contributed by atoms with van der Waals surface area (Å²) in [4.78, 5) is 0. The fraction of sp³-hybridized carbons (Fsp3) is 0.571. The summed E-state index contributed by atoms with van der Waals surface area (Å²) in [7, 11) is 0. The highest BCUT2D eigenvalue weighted by Crippen LogP contribution is 2.48. The summed E-state index contributed by atoms with van der Waals surface area (Å²) >= 11 is 6.06. The van der Waals surface area contributed by atoms with Crippen molar-refractivity contribution in [1.82, 2.24) is 5.32 Å². The molecule has 1 saturated carbocycles. The molecule has 1 aliphatic rings. The number of nitrogens with one attached hydrogen (secondary N) is 1. The Labute approximate surface area is 107 Å². The first-order chi connectivity index (χ1) is 8.17. The van der Waals surface area contributed by atoms with Crippen LogP contribution in [0.5, 0.6) is 0 Å². The van der Waals surface area contributed by atoms with Crippen LogP contribution in [0.3, 0.4) is 0 Å². The molecular weight excluding hydrogens is 237 g/mol. The van der Waals surface area contributed by atoms with Crippen molar-refractivity contribution < 1.29 is 4.39 Å². The van der Waals surface area contributed by atoms with Gasteiger partial charge in [0, 0.05) is 17.1 Å². The summed E-state index contributed by atoms with van der Waals surface area (Å²) in [5, 5.41) is 3.99. The Balaban J connectivity index is 2.00. The van der Waals surface area contributed by atoms with Gasteiger partial charge in [0.2, 0.25) is 0 Å². The Kier molecular flexibility index (Phi) is 4.05. The van der Waals surface area contributed by atoms with Crippen molar-refractivity contribution in [1.29, 1.82) is 0 Å². The largest absolute Gasteiger partial charge is 0.316 e. The zero-order chi connectivity index (χ0) is 12.3. The Hall–Kier alpha value is -0.600. The predicted molar refractivity (Wildman–Crippen MR) is 69.9 cm³/mol. The fourth-order valence-electron chi connectivity index (χ4n) is 2.20. The van der Waals surface area contributed by atoms with Crippen LogP contribution in [-0.2, 0) is 6.42 Å². The highest BCUT2D eigenvalue weighted by Gasteiger charge is 2.42. The average Bonchev–Trinajstić information content (AvgIpc) is 3.05. The molecule has 0 unspecified atom stereocenters. The van der Waals surface area contributed by atoms with Gasteiger partial charge in [0.25, 0.3) is 0 Å². The van der Waals surface area contributed by atoms with Gasteiger partial charge < -0.3 is 5.32 Å². The average molecular weight is 256 g/mol. The first-order valence-electron chi connectivity index (χ1n) is 6.30. The highest BCUT2D eigenvalue weighted by molar-refractivity contribution is 6.31. The van der Waals surface area contributed by atoms with Gasteiger partial charge in [0.05, 0.1) is 0 Å². The molecule has 0 saturated heterocycles. The van der Waals surface area contributed by atoms with Crippen LogP contribution in [0.15, 0.2) is 18.2 Å². The van der Waals surface area contributed by atoms with E-state index in [4.69, 9.17) is 11.6 Å². The minimum Gasteiger partial charge on any atom is -0.316 e. The quantitative estimate of drug-likeness (QED) is 0.763. The summed E-state index contributed by atoms with van der Waals surface area (Å²) in [5.41, 5.74) is 0.936. The van der Waals surface area contributed by atoms with Gasteiger partial charge in [-0.15, -0.1) is 0 Å². The van der Waals surface area contributed by atoms with Gasteiger partial charge in [-0.1, -0.05) is 24.6 Å². The van der Waals surface area contributed by atoms with Crippen molar-refractivity contribution in [3.63, 3.8) is 0 Å². The van der Waals surface area contributed by atoms with E-state index in [1.807, 2.05) is 0 Å². The Morgan fingerprint density at radius 1 is 1.41 bits per heavy atom. The fourth-order valence-corrected chi connectivity index (χ4v) is 2.43. The second-order valence-corrected chi connectivity index (χ2v) is 5.46. The van der Waals surface area contributed by atoms with Crippen molar-refractivity contribution in [3.8, 4) is 0 Å². The maximum Gasteiger partial charge on any atom is 0.127 e. The van der Waals surface area contributed by atoms with Crippen LogP contribution in [0.25, 0.3) is 0 Å². The SMILES string of the molecule is CCCNCC1(Cc2c(F)cccc2Cl)CC1. The number of halogens is 2. The van der Waals surface area contributed by atoms with Crippen molar-refractivity contribution in [2.75, 3.05) is 13.1 Å². The van der Waals surface area contributed by atoms with Crippen molar-refractivity contribution in [2.45, 2.75) is 32.6 Å². The van der Waals surface area contributed by atoms with Gasteiger partial charge in [-0.2, -0.15) is 0 Å². The molecule has 0 aromatic heterocycles. The third-order valence-electron chi connectivity index (χ3n) is 3.50. The minimum atomic E-state index is -0.167. The first-order valence-corrected chi connectivity index (χ1v) is 6.68. The van der Waals surface area contributed by atoms with E-state index in [-0.39, 0.29) is 11.2 Å². The molecule has 0 aliphatic heterocycles. The van der Waals surface area contributed by atoms with Crippen LogP contribution >= 0.6 is 11.6 Å². The van der Waals surface area contributed by atoms with Crippen LogP contribution in [0.4, 0.5) is 4.39 Å². The van der Waals surface area contributed by atoms with Gasteiger partial charge in [-0.25, -0.2) is 4.39 Å². The van der Waals surface area contributed by atoms with Crippen LogP contribution in [0.2, 0.25) is 5.02 Å². The number of rotatable bonds is 6. The molecule has 94 valence electrons. The van der Waals surface area contributed by atoms with Crippen LogP contribution in [0.1, 0.15) is 31.7 Å². The summed E-state index contributed by atoms with van der Waals surface area (Å²) < 4.78 is 13.7. The molecule has 17 heavy (non-hydrogen) atoms. The second kappa shape index (κ2) is 5.36. The lowest BCUT2D eigenvalue weighted by atomic mass is 9.96. The van der Waals surface area contributed by atoms with Crippen molar-refractivity contribution in [2.24, 2.45) is 5.41 Å². The summed E-state index contributed by atoms with van der Waals surface area (Å²) in [6, 6.07) is 4.93. The van der Waals surface area contributed by atoms with Crippen LogP contribution in [0, 0.1) is 11.2 Å². The molecule has 1 N–H and O–H groups in total. The lowest BCUT2D eigenvalue weighted by Crippen LogP contribution is -2.26. The van der Waals surface area contributed by atoms with E-state index in [9.17, 15) is 4.39 Å². The smallest absolute Gasteiger partial charge is 0.127 e. The normalized spacial score (nSPS) is 17.1. The number of hydrogen-bond acceptors (Lipinski definition) is 1. The zero-order valence-electron chi connectivity index (χ0n) is 10.2. The third kappa shape index (κ3) is 3.20. The zero-order valence-corrected chi connectivity index (χ0v) is 11.0. The summed E-state index contributed by atoms with van der Waals surface area (Å²) in [6.45, 7) is 4.17. The van der Waals surface area contributed by atoms with Gasteiger partial charge in [0.15, 0.2) is 0 Å². The maximum absolute atomic E-state index is 13.7. The molecule has 0 bridgehead atoms. The molecule has 0 radical (unpaired) electrons. The van der Waals surface area contributed by atoms with E-state index in [0.29, 0.717) is 10.6 Å². The van der Waals surface area contributed by atoms with Gasteiger partial charge in [-0.05, 0) is 49.8 Å². The van der Waals surface area contributed by atoms with Crippen molar-refractivity contribution >= 4 is 11.6 Å². The van der Waals surface area contributed by atoms with Gasteiger partial charge in [0.1, 0.15) is 5.82 Å². The molecule has 1 aliphatic carbocycles. The second-order valence-electron chi connectivity index (χ2n) is 5.05. The minimum absolute atomic E-state index is 0.167. The maximum atomic E-state index is 13.7. The monoisotopic (exact) mass is 255 g/mol. The van der Waals surface area contributed by atoms with Crippen molar-refractivity contribution in [3.05, 3.63) is 34.6 Å². The van der Waals surface area contributed by atoms with E-state index in [1.54, 1.807) is 12.1 Å². The number of benzene rings is 1. The molecule has 1 fully saturated rings. The molecule has 1 aromatic carbocycles. The lowest BCUT2D eigenvalue weighted by Gasteiger charge is -2.17. The van der Waals surface area contributed by atoms with Crippen LogP contribution < -0.4 is 5.32 Å². The van der Waals surface area contributed by atoms with Crippen LogP contribution in [-0.4, -0.2) is 13.1 Å². The standard InChI is InChI=1S/C14H19ClFN/c1-2-8-17-10-14(6-7-14)9-11-12(15)4-3-5-13(11)16/h3-5,17H,2,6-10H2,1H3. The molecule has 1 aromatic rings. The van der Waals surface area contributed by atoms with E-state index in [1.165, 1.54) is 18.9 Å². The Morgan fingerprint density at radius 3 is 2.76 bits per heavy atom. The van der Waals surface area contributed by atoms with E-state index in [2.05, 4.69) is 12.2 Å².